The lowest BCUT2D eigenvalue weighted by atomic mass is 10.0. The largest absolute Gasteiger partial charge is 0.207 e. The highest BCUT2D eigenvalue weighted by atomic mass is 32.2. The van der Waals surface area contributed by atoms with Crippen LogP contribution in [0.3, 0.4) is 0 Å². The highest BCUT2D eigenvalue weighted by molar-refractivity contribution is 7.99. The molecule has 0 amide bonds. The maximum atomic E-state index is 14.0. The predicted molar refractivity (Wildman–Crippen MR) is 81.3 cm³/mol. The molecule has 0 fully saturated rings. The van der Waals surface area contributed by atoms with Crippen LogP contribution in [0.2, 0.25) is 0 Å². The minimum atomic E-state index is -0.242. The van der Waals surface area contributed by atoms with Crippen molar-refractivity contribution in [3.05, 3.63) is 64.7 Å². The van der Waals surface area contributed by atoms with Crippen molar-refractivity contribution in [1.82, 2.24) is 0 Å². The van der Waals surface area contributed by atoms with Gasteiger partial charge >= 0.3 is 0 Å². The molecule has 0 saturated heterocycles. The second-order valence-electron chi connectivity index (χ2n) is 4.77. The fourth-order valence-electron chi connectivity index (χ4n) is 2.17. The maximum absolute atomic E-state index is 14.0. The van der Waals surface area contributed by atoms with Gasteiger partial charge in [0.05, 0.1) is 0 Å². The highest BCUT2D eigenvalue weighted by Crippen LogP contribution is 2.26. The first-order chi connectivity index (χ1) is 9.60. The van der Waals surface area contributed by atoms with E-state index in [2.05, 4.69) is 6.92 Å². The maximum Gasteiger partial charge on any atom is 0.126 e. The average Bonchev–Trinajstić information content (AvgIpc) is 2.41. The zero-order valence-electron chi connectivity index (χ0n) is 11.7. The summed E-state index contributed by atoms with van der Waals surface area (Å²) in [5.41, 5.74) is 2.58. The van der Waals surface area contributed by atoms with Crippen LogP contribution >= 0.6 is 11.8 Å². The van der Waals surface area contributed by atoms with E-state index in [0.29, 0.717) is 18.4 Å². The lowest BCUT2D eigenvalue weighted by molar-refractivity contribution is 0.604. The van der Waals surface area contributed by atoms with Crippen LogP contribution in [-0.2, 0) is 12.8 Å². The van der Waals surface area contributed by atoms with E-state index in [1.165, 1.54) is 12.1 Å². The van der Waals surface area contributed by atoms with Crippen LogP contribution in [-0.4, -0.2) is 5.75 Å². The van der Waals surface area contributed by atoms with Gasteiger partial charge in [-0.1, -0.05) is 19.1 Å². The summed E-state index contributed by atoms with van der Waals surface area (Å²) in [4.78, 5) is 1.13. The second kappa shape index (κ2) is 6.89. The number of aryl methyl sites for hydroxylation is 3. The van der Waals surface area contributed by atoms with Gasteiger partial charge in [-0.2, -0.15) is 0 Å². The van der Waals surface area contributed by atoms with Crippen molar-refractivity contribution in [2.24, 2.45) is 0 Å². The van der Waals surface area contributed by atoms with E-state index in [1.807, 2.05) is 19.1 Å². The number of hydrogen-bond donors (Lipinski definition) is 0. The van der Waals surface area contributed by atoms with Gasteiger partial charge in [-0.15, -0.1) is 11.8 Å². The zero-order chi connectivity index (χ0) is 14.5. The summed E-state index contributed by atoms with van der Waals surface area (Å²) in [6.07, 6.45) is 1.24. The molecule has 0 spiro atoms. The summed E-state index contributed by atoms with van der Waals surface area (Å²) < 4.78 is 27.1. The van der Waals surface area contributed by atoms with Crippen LogP contribution in [0.5, 0.6) is 0 Å². The number of benzene rings is 2. The van der Waals surface area contributed by atoms with Crippen LogP contribution in [0.15, 0.2) is 41.3 Å². The number of thioether (sulfide) groups is 1. The molecule has 0 radical (unpaired) electrons. The Balaban J connectivity index is 2.14. The van der Waals surface area contributed by atoms with E-state index >= 15 is 0 Å². The van der Waals surface area contributed by atoms with Gasteiger partial charge in [-0.3, -0.25) is 0 Å². The molecule has 0 saturated carbocycles. The van der Waals surface area contributed by atoms with Gasteiger partial charge in [0, 0.05) is 4.90 Å². The Labute approximate surface area is 123 Å². The molecule has 2 aromatic rings. The van der Waals surface area contributed by atoms with Gasteiger partial charge < -0.3 is 0 Å². The summed E-state index contributed by atoms with van der Waals surface area (Å²) in [5, 5.41) is 0. The fraction of sp³-hybridized carbons (Fsp3) is 0.294. The molecule has 0 aliphatic rings. The van der Waals surface area contributed by atoms with Crippen LogP contribution in [0.25, 0.3) is 0 Å². The second-order valence-corrected chi connectivity index (χ2v) is 6.08. The summed E-state index contributed by atoms with van der Waals surface area (Å²) >= 11 is 1.72. The summed E-state index contributed by atoms with van der Waals surface area (Å²) in [6, 6.07) is 10.0. The van der Waals surface area contributed by atoms with Crippen molar-refractivity contribution >= 4 is 11.8 Å². The molecule has 2 rings (SSSR count). The standard InChI is InChI=1S/C17H18F2S/c1-3-20-17-11-14(16(19)9-12(17)2)8-7-13-5-4-6-15(18)10-13/h4-6,9-11H,3,7-8H2,1-2H3. The molecule has 0 heterocycles. The molecule has 2 aromatic carbocycles. The molecule has 106 valence electrons. The van der Waals surface area contributed by atoms with E-state index in [9.17, 15) is 8.78 Å². The van der Waals surface area contributed by atoms with Gasteiger partial charge in [0.1, 0.15) is 11.6 Å². The summed E-state index contributed by atoms with van der Waals surface area (Å²) in [6.45, 7) is 4.01. The Morgan fingerprint density at radius 1 is 1.05 bits per heavy atom. The first-order valence-electron chi connectivity index (χ1n) is 6.76. The minimum absolute atomic E-state index is 0.167. The molecule has 0 N–H and O–H groups in total. The van der Waals surface area contributed by atoms with Crippen molar-refractivity contribution in [2.75, 3.05) is 5.75 Å². The first kappa shape index (κ1) is 15.0. The van der Waals surface area contributed by atoms with Crippen LogP contribution in [0, 0.1) is 18.6 Å². The van der Waals surface area contributed by atoms with Gasteiger partial charge in [0.25, 0.3) is 0 Å². The third kappa shape index (κ3) is 3.83. The quantitative estimate of drug-likeness (QED) is 0.685. The summed E-state index contributed by atoms with van der Waals surface area (Å²) in [7, 11) is 0. The molecular weight excluding hydrogens is 274 g/mol. The molecule has 0 aromatic heterocycles. The Morgan fingerprint density at radius 3 is 2.55 bits per heavy atom. The molecule has 0 atom stereocenters. The number of hydrogen-bond acceptors (Lipinski definition) is 1. The predicted octanol–water partition coefficient (Wildman–Crippen LogP) is 5.17. The Morgan fingerprint density at radius 2 is 1.85 bits per heavy atom. The molecule has 0 nitrogen and oxygen atoms in total. The van der Waals surface area contributed by atoms with E-state index in [1.54, 1.807) is 23.9 Å². The van der Waals surface area contributed by atoms with Crippen molar-refractivity contribution in [1.29, 1.82) is 0 Å². The van der Waals surface area contributed by atoms with Crippen molar-refractivity contribution in [3.63, 3.8) is 0 Å². The lowest BCUT2D eigenvalue weighted by Crippen LogP contribution is -1.97. The topological polar surface area (TPSA) is 0 Å². The number of halogens is 2. The first-order valence-corrected chi connectivity index (χ1v) is 7.75. The smallest absolute Gasteiger partial charge is 0.126 e. The Kier molecular flexibility index (Phi) is 5.18. The Hall–Kier alpha value is -1.35. The van der Waals surface area contributed by atoms with Gasteiger partial charge in [-0.05, 0) is 66.5 Å². The normalized spacial score (nSPS) is 10.8. The van der Waals surface area contributed by atoms with E-state index in [0.717, 1.165) is 21.8 Å². The minimum Gasteiger partial charge on any atom is -0.207 e. The molecular formula is C17H18F2S. The highest BCUT2D eigenvalue weighted by Gasteiger charge is 2.08. The van der Waals surface area contributed by atoms with E-state index < -0.39 is 0 Å². The van der Waals surface area contributed by atoms with Gasteiger partial charge in [-0.25, -0.2) is 8.78 Å². The van der Waals surface area contributed by atoms with Gasteiger partial charge in [0.15, 0.2) is 0 Å². The SMILES string of the molecule is CCSc1cc(CCc2cccc(F)c2)c(F)cc1C. The van der Waals surface area contributed by atoms with Gasteiger partial charge in [0.2, 0.25) is 0 Å². The Bertz CT molecular complexity index is 594. The summed E-state index contributed by atoms with van der Waals surface area (Å²) in [5.74, 6) is 0.559. The molecule has 0 unspecified atom stereocenters. The van der Waals surface area contributed by atoms with Crippen LogP contribution in [0.1, 0.15) is 23.6 Å². The molecule has 0 bridgehead atoms. The third-order valence-corrected chi connectivity index (χ3v) is 4.26. The fourth-order valence-corrected chi connectivity index (χ4v) is 2.99. The van der Waals surface area contributed by atoms with Crippen molar-refractivity contribution in [3.8, 4) is 0 Å². The van der Waals surface area contributed by atoms with E-state index in [4.69, 9.17) is 0 Å². The van der Waals surface area contributed by atoms with Crippen LogP contribution < -0.4 is 0 Å². The zero-order valence-corrected chi connectivity index (χ0v) is 12.6. The molecule has 0 aliphatic heterocycles. The third-order valence-electron chi connectivity index (χ3n) is 3.22. The lowest BCUT2D eigenvalue weighted by Gasteiger charge is -2.09. The van der Waals surface area contributed by atoms with Crippen molar-refractivity contribution < 1.29 is 8.78 Å². The molecule has 3 heteroatoms. The van der Waals surface area contributed by atoms with Crippen LogP contribution in [0.4, 0.5) is 8.78 Å². The molecule has 20 heavy (non-hydrogen) atoms. The van der Waals surface area contributed by atoms with Crippen molar-refractivity contribution in [2.45, 2.75) is 31.6 Å². The monoisotopic (exact) mass is 292 g/mol. The average molecular weight is 292 g/mol. The molecule has 0 aliphatic carbocycles. The number of rotatable bonds is 5. The van der Waals surface area contributed by atoms with E-state index in [-0.39, 0.29) is 11.6 Å².